The number of aliphatic hydroxyl groups is 1. The predicted molar refractivity (Wildman–Crippen MR) is 81.2 cm³/mol. The first-order valence-corrected chi connectivity index (χ1v) is 7.31. The molecule has 0 radical (unpaired) electrons. The first kappa shape index (κ1) is 13.6. The zero-order chi connectivity index (χ0) is 14.2. The highest BCUT2D eigenvalue weighted by Crippen LogP contribution is 2.33. The van der Waals surface area contributed by atoms with Crippen molar-refractivity contribution in [3.05, 3.63) is 29.4 Å². The molecule has 0 amide bonds. The fourth-order valence-corrected chi connectivity index (χ4v) is 3.25. The van der Waals surface area contributed by atoms with Gasteiger partial charge in [0.25, 0.3) is 0 Å². The van der Waals surface area contributed by atoms with Gasteiger partial charge >= 0.3 is 0 Å². The van der Waals surface area contributed by atoms with Crippen molar-refractivity contribution in [3.8, 4) is 0 Å². The van der Waals surface area contributed by atoms with Crippen LogP contribution >= 0.6 is 11.6 Å². The van der Waals surface area contributed by atoms with Gasteiger partial charge in [-0.2, -0.15) is 0 Å². The lowest BCUT2D eigenvalue weighted by Gasteiger charge is -2.29. The molecule has 5 heteroatoms. The number of rotatable bonds is 3. The molecule has 1 saturated carbocycles. The van der Waals surface area contributed by atoms with Crippen LogP contribution in [0.4, 0.5) is 5.82 Å². The Morgan fingerprint density at radius 2 is 1.85 bits per heavy atom. The molecular weight excluding hydrogens is 274 g/mol. The van der Waals surface area contributed by atoms with Crippen LogP contribution in [0.15, 0.2) is 24.3 Å². The van der Waals surface area contributed by atoms with Crippen molar-refractivity contribution in [2.75, 3.05) is 18.5 Å². The third kappa shape index (κ3) is 2.45. The van der Waals surface area contributed by atoms with Gasteiger partial charge in [0.1, 0.15) is 0 Å². The van der Waals surface area contributed by atoms with E-state index >= 15 is 0 Å². The van der Waals surface area contributed by atoms with Gasteiger partial charge in [-0.05, 0) is 12.8 Å². The van der Waals surface area contributed by atoms with E-state index < -0.39 is 5.60 Å². The summed E-state index contributed by atoms with van der Waals surface area (Å²) >= 11 is 6.09. The van der Waals surface area contributed by atoms with Crippen molar-refractivity contribution in [2.45, 2.75) is 31.3 Å². The van der Waals surface area contributed by atoms with Crippen molar-refractivity contribution < 1.29 is 5.11 Å². The molecule has 1 aliphatic carbocycles. The SMILES string of the molecule is CN(CC1(O)CCCC1)c1nnc(Cl)c2ccccc12. The summed E-state index contributed by atoms with van der Waals surface area (Å²) in [6, 6.07) is 7.82. The number of aromatic nitrogens is 2. The van der Waals surface area contributed by atoms with Crippen molar-refractivity contribution in [1.29, 1.82) is 0 Å². The van der Waals surface area contributed by atoms with Crippen molar-refractivity contribution in [2.24, 2.45) is 0 Å². The maximum Gasteiger partial charge on any atom is 0.159 e. The van der Waals surface area contributed by atoms with Gasteiger partial charge in [-0.15, -0.1) is 10.2 Å². The highest BCUT2D eigenvalue weighted by molar-refractivity contribution is 6.34. The highest BCUT2D eigenvalue weighted by Gasteiger charge is 2.33. The predicted octanol–water partition coefficient (Wildman–Crippen LogP) is 3.02. The Morgan fingerprint density at radius 3 is 2.55 bits per heavy atom. The van der Waals surface area contributed by atoms with Crippen LogP contribution < -0.4 is 4.90 Å². The van der Waals surface area contributed by atoms with Gasteiger partial charge in [-0.25, -0.2) is 0 Å². The molecule has 1 N–H and O–H groups in total. The van der Waals surface area contributed by atoms with Crippen LogP contribution in [-0.2, 0) is 0 Å². The van der Waals surface area contributed by atoms with Crippen LogP contribution in [-0.4, -0.2) is 34.5 Å². The second kappa shape index (κ2) is 5.19. The summed E-state index contributed by atoms with van der Waals surface area (Å²) < 4.78 is 0. The summed E-state index contributed by atoms with van der Waals surface area (Å²) in [6.07, 6.45) is 3.90. The number of fused-ring (bicyclic) bond motifs is 1. The Labute approximate surface area is 123 Å². The summed E-state index contributed by atoms with van der Waals surface area (Å²) in [5, 5.41) is 21.0. The van der Waals surface area contributed by atoms with E-state index in [0.717, 1.165) is 42.3 Å². The van der Waals surface area contributed by atoms with Gasteiger partial charge in [0.2, 0.25) is 0 Å². The molecule has 0 atom stereocenters. The third-order valence-corrected chi connectivity index (χ3v) is 4.33. The quantitative estimate of drug-likeness (QED) is 0.944. The van der Waals surface area contributed by atoms with E-state index in [1.165, 1.54) is 0 Å². The number of benzene rings is 1. The van der Waals surface area contributed by atoms with Crippen LogP contribution in [0.5, 0.6) is 0 Å². The topological polar surface area (TPSA) is 49.2 Å². The van der Waals surface area contributed by atoms with Gasteiger partial charge < -0.3 is 10.0 Å². The minimum absolute atomic E-state index is 0.414. The first-order valence-electron chi connectivity index (χ1n) is 6.93. The maximum atomic E-state index is 10.5. The van der Waals surface area contributed by atoms with Crippen molar-refractivity contribution in [3.63, 3.8) is 0 Å². The van der Waals surface area contributed by atoms with E-state index in [4.69, 9.17) is 11.6 Å². The molecule has 1 fully saturated rings. The van der Waals surface area contributed by atoms with Crippen LogP contribution in [0, 0.1) is 0 Å². The normalized spacial score (nSPS) is 17.6. The van der Waals surface area contributed by atoms with E-state index in [2.05, 4.69) is 10.2 Å². The molecule has 0 unspecified atom stereocenters. The molecule has 0 aliphatic heterocycles. The number of hydrogen-bond acceptors (Lipinski definition) is 4. The Kier molecular flexibility index (Phi) is 3.52. The van der Waals surface area contributed by atoms with E-state index in [1.807, 2.05) is 36.2 Å². The minimum atomic E-state index is -0.600. The van der Waals surface area contributed by atoms with E-state index in [1.54, 1.807) is 0 Å². The highest BCUT2D eigenvalue weighted by atomic mass is 35.5. The molecule has 2 aromatic rings. The van der Waals surface area contributed by atoms with E-state index in [0.29, 0.717) is 11.7 Å². The molecule has 4 nitrogen and oxygen atoms in total. The molecule has 0 bridgehead atoms. The second-order valence-electron chi connectivity index (χ2n) is 5.65. The Balaban J connectivity index is 1.95. The molecular formula is C15H18ClN3O. The number of likely N-dealkylation sites (N-methyl/N-ethyl adjacent to an activating group) is 1. The minimum Gasteiger partial charge on any atom is -0.388 e. The zero-order valence-electron chi connectivity index (χ0n) is 11.5. The average molecular weight is 292 g/mol. The van der Waals surface area contributed by atoms with Gasteiger partial charge in [-0.3, -0.25) is 0 Å². The average Bonchev–Trinajstić information content (AvgIpc) is 2.86. The molecule has 106 valence electrons. The molecule has 1 aromatic heterocycles. The van der Waals surface area contributed by atoms with Crippen LogP contribution in [0.1, 0.15) is 25.7 Å². The summed E-state index contributed by atoms with van der Waals surface area (Å²) in [4.78, 5) is 1.98. The summed E-state index contributed by atoms with van der Waals surface area (Å²) in [5.74, 6) is 0.769. The Hall–Kier alpha value is -1.39. The molecule has 1 heterocycles. The van der Waals surface area contributed by atoms with Gasteiger partial charge in [0, 0.05) is 24.4 Å². The number of halogens is 1. The van der Waals surface area contributed by atoms with E-state index in [-0.39, 0.29) is 0 Å². The number of anilines is 1. The zero-order valence-corrected chi connectivity index (χ0v) is 12.3. The molecule has 0 spiro atoms. The van der Waals surface area contributed by atoms with Gasteiger partial charge in [0.15, 0.2) is 11.0 Å². The smallest absolute Gasteiger partial charge is 0.159 e. The number of hydrogen-bond donors (Lipinski definition) is 1. The summed E-state index contributed by atoms with van der Waals surface area (Å²) in [5.41, 5.74) is -0.600. The standard InChI is InChI=1S/C15H18ClN3O/c1-19(10-15(20)8-4-5-9-15)14-12-7-3-2-6-11(12)13(16)17-18-14/h2-3,6-7,20H,4-5,8-10H2,1H3. The Bertz CT molecular complexity index is 626. The fraction of sp³-hybridized carbons (Fsp3) is 0.467. The first-order chi connectivity index (χ1) is 9.59. The molecule has 20 heavy (non-hydrogen) atoms. The summed E-state index contributed by atoms with van der Waals surface area (Å²) in [6.45, 7) is 0.577. The van der Waals surface area contributed by atoms with Crippen molar-refractivity contribution in [1.82, 2.24) is 10.2 Å². The monoisotopic (exact) mass is 291 g/mol. The van der Waals surface area contributed by atoms with E-state index in [9.17, 15) is 5.11 Å². The summed E-state index contributed by atoms with van der Waals surface area (Å²) in [7, 11) is 1.95. The molecule has 3 rings (SSSR count). The lowest BCUT2D eigenvalue weighted by molar-refractivity contribution is 0.0558. The van der Waals surface area contributed by atoms with Crippen LogP contribution in [0.2, 0.25) is 5.15 Å². The lowest BCUT2D eigenvalue weighted by Crippen LogP contribution is -2.39. The van der Waals surface area contributed by atoms with Crippen LogP contribution in [0.25, 0.3) is 10.8 Å². The second-order valence-corrected chi connectivity index (χ2v) is 6.01. The number of nitrogens with zero attached hydrogens (tertiary/aromatic N) is 3. The van der Waals surface area contributed by atoms with Crippen LogP contribution in [0.3, 0.4) is 0 Å². The lowest BCUT2D eigenvalue weighted by atomic mass is 10.0. The fourth-order valence-electron chi connectivity index (χ4n) is 3.05. The van der Waals surface area contributed by atoms with Gasteiger partial charge in [0.05, 0.1) is 5.60 Å². The maximum absolute atomic E-state index is 10.5. The Morgan fingerprint density at radius 1 is 1.20 bits per heavy atom. The van der Waals surface area contributed by atoms with Gasteiger partial charge in [-0.1, -0.05) is 48.7 Å². The molecule has 1 aliphatic rings. The largest absolute Gasteiger partial charge is 0.388 e. The molecule has 1 aromatic carbocycles. The van der Waals surface area contributed by atoms with Crippen molar-refractivity contribution >= 4 is 28.2 Å². The molecule has 0 saturated heterocycles. The third-order valence-electron chi connectivity index (χ3n) is 4.05.